The van der Waals surface area contributed by atoms with Crippen LogP contribution in [0, 0.1) is 6.92 Å². The van der Waals surface area contributed by atoms with Crippen LogP contribution in [0.1, 0.15) is 22.7 Å². The third-order valence-electron chi connectivity index (χ3n) is 3.09. The van der Waals surface area contributed by atoms with Gasteiger partial charge in [-0.2, -0.15) is 0 Å². The van der Waals surface area contributed by atoms with E-state index in [0.29, 0.717) is 5.02 Å². The van der Waals surface area contributed by atoms with E-state index in [9.17, 15) is 0 Å². The van der Waals surface area contributed by atoms with Crippen molar-refractivity contribution in [1.29, 1.82) is 0 Å². The van der Waals surface area contributed by atoms with E-state index in [4.69, 9.17) is 23.2 Å². The van der Waals surface area contributed by atoms with E-state index >= 15 is 0 Å². The summed E-state index contributed by atoms with van der Waals surface area (Å²) in [5.74, 6) is 0. The molecule has 0 spiro atoms. The maximum Gasteiger partial charge on any atom is 0.0575 e. The minimum absolute atomic E-state index is 0.0895. The van der Waals surface area contributed by atoms with Crippen LogP contribution < -0.4 is 5.32 Å². The molecule has 0 bridgehead atoms. The summed E-state index contributed by atoms with van der Waals surface area (Å²) in [7, 11) is 1.93. The van der Waals surface area contributed by atoms with Gasteiger partial charge in [0.25, 0.3) is 0 Å². The van der Waals surface area contributed by atoms with E-state index in [0.717, 1.165) is 26.2 Å². The highest BCUT2D eigenvalue weighted by molar-refractivity contribution is 9.10. The normalized spacial score (nSPS) is 12.5. The maximum absolute atomic E-state index is 6.20. The van der Waals surface area contributed by atoms with E-state index in [-0.39, 0.29) is 6.04 Å². The number of hydrogen-bond acceptors (Lipinski definition) is 1. The minimum atomic E-state index is 0.0895. The molecule has 2 aromatic rings. The molecule has 100 valence electrons. The number of benzene rings is 2. The Labute approximate surface area is 132 Å². The Kier molecular flexibility index (Phi) is 4.91. The van der Waals surface area contributed by atoms with Crippen LogP contribution in [0.15, 0.2) is 40.9 Å². The van der Waals surface area contributed by atoms with Crippen LogP contribution in [0.25, 0.3) is 0 Å². The second-order valence-electron chi connectivity index (χ2n) is 4.40. The van der Waals surface area contributed by atoms with E-state index < -0.39 is 0 Å². The highest BCUT2D eigenvalue weighted by Gasteiger charge is 2.14. The number of rotatable bonds is 3. The summed E-state index contributed by atoms with van der Waals surface area (Å²) in [6.45, 7) is 2.00. The summed E-state index contributed by atoms with van der Waals surface area (Å²) >= 11 is 15.7. The van der Waals surface area contributed by atoms with Gasteiger partial charge in [-0.1, -0.05) is 41.4 Å². The fourth-order valence-electron chi connectivity index (χ4n) is 2.01. The SMILES string of the molecule is CNC(c1ccc(C)c(Cl)c1)c1ccc(Cl)c(Br)c1. The molecule has 0 radical (unpaired) electrons. The second-order valence-corrected chi connectivity index (χ2v) is 6.07. The summed E-state index contributed by atoms with van der Waals surface area (Å²) in [5, 5.41) is 4.80. The predicted molar refractivity (Wildman–Crippen MR) is 86.2 cm³/mol. The minimum Gasteiger partial charge on any atom is -0.309 e. The Morgan fingerprint density at radius 3 is 2.21 bits per heavy atom. The van der Waals surface area contributed by atoms with Crippen molar-refractivity contribution in [3.05, 3.63) is 67.6 Å². The Morgan fingerprint density at radius 1 is 1.00 bits per heavy atom. The van der Waals surface area contributed by atoms with Crippen LogP contribution in [0.4, 0.5) is 0 Å². The van der Waals surface area contributed by atoms with Crippen LogP contribution in [-0.2, 0) is 0 Å². The smallest absolute Gasteiger partial charge is 0.0575 e. The Morgan fingerprint density at radius 2 is 1.63 bits per heavy atom. The molecule has 1 nitrogen and oxygen atoms in total. The van der Waals surface area contributed by atoms with E-state index in [1.807, 2.05) is 44.3 Å². The second kappa shape index (κ2) is 6.27. The highest BCUT2D eigenvalue weighted by Crippen LogP contribution is 2.30. The zero-order valence-electron chi connectivity index (χ0n) is 10.7. The lowest BCUT2D eigenvalue weighted by molar-refractivity contribution is 0.691. The first kappa shape index (κ1) is 14.9. The molecular weight excluding hydrogens is 345 g/mol. The average Bonchev–Trinajstić information content (AvgIpc) is 2.39. The molecule has 1 N–H and O–H groups in total. The molecule has 1 atom stereocenters. The molecular formula is C15H14BrCl2N. The summed E-state index contributed by atoms with van der Waals surface area (Å²) in [5.41, 5.74) is 3.35. The molecule has 0 aliphatic rings. The van der Waals surface area contributed by atoms with Crippen LogP contribution in [-0.4, -0.2) is 7.05 Å². The van der Waals surface area contributed by atoms with Crippen molar-refractivity contribution in [2.24, 2.45) is 0 Å². The molecule has 19 heavy (non-hydrogen) atoms. The van der Waals surface area contributed by atoms with E-state index in [1.54, 1.807) is 0 Å². The number of nitrogens with one attached hydrogen (secondary N) is 1. The lowest BCUT2D eigenvalue weighted by atomic mass is 9.98. The van der Waals surface area contributed by atoms with Gasteiger partial charge in [0, 0.05) is 9.50 Å². The lowest BCUT2D eigenvalue weighted by Gasteiger charge is -2.18. The molecule has 0 saturated heterocycles. The summed E-state index contributed by atoms with van der Waals surface area (Å²) in [6, 6.07) is 12.1. The first-order valence-electron chi connectivity index (χ1n) is 5.91. The van der Waals surface area contributed by atoms with Crippen molar-refractivity contribution in [3.8, 4) is 0 Å². The van der Waals surface area contributed by atoms with Gasteiger partial charge in [-0.15, -0.1) is 0 Å². The van der Waals surface area contributed by atoms with Crippen LogP contribution in [0.2, 0.25) is 10.0 Å². The van der Waals surface area contributed by atoms with Crippen molar-refractivity contribution >= 4 is 39.1 Å². The third kappa shape index (κ3) is 3.32. The summed E-state index contributed by atoms with van der Waals surface area (Å²) < 4.78 is 0.894. The summed E-state index contributed by atoms with van der Waals surface area (Å²) in [4.78, 5) is 0. The largest absolute Gasteiger partial charge is 0.309 e. The molecule has 2 aromatic carbocycles. The zero-order valence-corrected chi connectivity index (χ0v) is 13.8. The van der Waals surface area contributed by atoms with Crippen LogP contribution >= 0.6 is 39.1 Å². The van der Waals surface area contributed by atoms with Crippen LogP contribution in [0.3, 0.4) is 0 Å². The fourth-order valence-corrected chi connectivity index (χ4v) is 2.71. The number of hydrogen-bond donors (Lipinski definition) is 1. The van der Waals surface area contributed by atoms with Gasteiger partial charge < -0.3 is 5.32 Å². The Balaban J connectivity index is 2.43. The van der Waals surface area contributed by atoms with Crippen LogP contribution in [0.5, 0.6) is 0 Å². The average molecular weight is 359 g/mol. The van der Waals surface area contributed by atoms with Gasteiger partial charge in [-0.3, -0.25) is 0 Å². The first-order chi connectivity index (χ1) is 9.02. The van der Waals surface area contributed by atoms with Crippen molar-refractivity contribution in [2.75, 3.05) is 7.05 Å². The molecule has 0 saturated carbocycles. The zero-order chi connectivity index (χ0) is 14.0. The molecule has 4 heteroatoms. The molecule has 0 aliphatic carbocycles. The van der Waals surface area contributed by atoms with Gasteiger partial charge in [-0.25, -0.2) is 0 Å². The molecule has 1 unspecified atom stereocenters. The van der Waals surface area contributed by atoms with Crippen molar-refractivity contribution in [3.63, 3.8) is 0 Å². The molecule has 0 aliphatic heterocycles. The monoisotopic (exact) mass is 357 g/mol. The van der Waals surface area contributed by atoms with Crippen molar-refractivity contribution in [2.45, 2.75) is 13.0 Å². The fraction of sp³-hybridized carbons (Fsp3) is 0.200. The molecule has 0 fully saturated rings. The third-order valence-corrected chi connectivity index (χ3v) is 4.72. The predicted octanol–water partition coefficient (Wildman–Crippen LogP) is 5.37. The van der Waals surface area contributed by atoms with E-state index in [1.165, 1.54) is 0 Å². The van der Waals surface area contributed by atoms with Crippen molar-refractivity contribution in [1.82, 2.24) is 5.32 Å². The number of halogens is 3. The Bertz CT molecular complexity index is 547. The van der Waals surface area contributed by atoms with Gasteiger partial charge in [0.15, 0.2) is 0 Å². The number of aryl methyl sites for hydroxylation is 1. The first-order valence-corrected chi connectivity index (χ1v) is 7.46. The van der Waals surface area contributed by atoms with Gasteiger partial charge >= 0.3 is 0 Å². The van der Waals surface area contributed by atoms with Gasteiger partial charge in [0.1, 0.15) is 0 Å². The molecule has 0 amide bonds. The standard InChI is InChI=1S/C15H14BrCl2N/c1-9-3-4-11(8-14(9)18)15(19-2)10-5-6-13(17)12(16)7-10/h3-8,15,19H,1-2H3. The van der Waals surface area contributed by atoms with Gasteiger partial charge in [0.2, 0.25) is 0 Å². The highest BCUT2D eigenvalue weighted by atomic mass is 79.9. The van der Waals surface area contributed by atoms with Crippen molar-refractivity contribution < 1.29 is 0 Å². The molecule has 0 heterocycles. The molecule has 2 rings (SSSR count). The maximum atomic E-state index is 6.20. The van der Waals surface area contributed by atoms with E-state index in [2.05, 4.69) is 27.3 Å². The quantitative estimate of drug-likeness (QED) is 0.777. The summed E-state index contributed by atoms with van der Waals surface area (Å²) in [6.07, 6.45) is 0. The Hall–Kier alpha value is -0.540. The lowest BCUT2D eigenvalue weighted by Crippen LogP contribution is -2.17. The molecule has 0 aromatic heterocycles. The topological polar surface area (TPSA) is 12.0 Å². The van der Waals surface area contributed by atoms with Gasteiger partial charge in [0.05, 0.1) is 11.1 Å². The van der Waals surface area contributed by atoms with Gasteiger partial charge in [-0.05, 0) is 64.8 Å².